The molecule has 3 nitrogen and oxygen atoms in total. The number of nitrogens with two attached hydrogens (primary N) is 1. The van der Waals surface area contributed by atoms with Crippen molar-refractivity contribution in [1.82, 2.24) is 4.90 Å². The summed E-state index contributed by atoms with van der Waals surface area (Å²) < 4.78 is 0. The van der Waals surface area contributed by atoms with Crippen molar-refractivity contribution < 1.29 is 4.79 Å². The van der Waals surface area contributed by atoms with E-state index in [4.69, 9.17) is 5.73 Å². The first-order chi connectivity index (χ1) is 9.26. The number of hydrogen-bond acceptors (Lipinski definition) is 2. The summed E-state index contributed by atoms with van der Waals surface area (Å²) >= 11 is 0. The van der Waals surface area contributed by atoms with Gasteiger partial charge in [0.2, 0.25) is 0 Å². The molecule has 1 saturated heterocycles. The van der Waals surface area contributed by atoms with Gasteiger partial charge in [0.15, 0.2) is 0 Å². The lowest BCUT2D eigenvalue weighted by atomic mass is 9.93. The van der Waals surface area contributed by atoms with Crippen LogP contribution in [0.1, 0.15) is 42.1 Å². The smallest absolute Gasteiger partial charge is 0.254 e. The normalized spacial score (nSPS) is 16.6. The maximum Gasteiger partial charge on any atom is 0.254 e. The van der Waals surface area contributed by atoms with E-state index in [1.165, 1.54) is 6.42 Å². The molecule has 0 spiro atoms. The first-order valence-electron chi connectivity index (χ1n) is 7.33. The van der Waals surface area contributed by atoms with E-state index in [9.17, 15) is 4.79 Å². The molecule has 1 aliphatic heterocycles. The maximum absolute atomic E-state index is 12.6. The van der Waals surface area contributed by atoms with Crippen LogP contribution in [0.25, 0.3) is 0 Å². The van der Waals surface area contributed by atoms with Crippen molar-refractivity contribution in [3.63, 3.8) is 0 Å². The SMILES string of the molecule is CCC1CCN(C(=O)c2ccccc2CCN)CC1. The van der Waals surface area contributed by atoms with Gasteiger partial charge < -0.3 is 10.6 Å². The Morgan fingerprint density at radius 1 is 1.32 bits per heavy atom. The number of piperidine rings is 1. The van der Waals surface area contributed by atoms with E-state index in [1.54, 1.807) is 0 Å². The van der Waals surface area contributed by atoms with Gasteiger partial charge in [-0.2, -0.15) is 0 Å². The fourth-order valence-corrected chi connectivity index (χ4v) is 2.82. The zero-order valence-electron chi connectivity index (χ0n) is 11.8. The Hall–Kier alpha value is -1.35. The number of carbonyl (C=O) groups excluding carboxylic acids is 1. The zero-order valence-corrected chi connectivity index (χ0v) is 11.8. The van der Waals surface area contributed by atoms with Gasteiger partial charge in [0, 0.05) is 18.7 Å². The third-order valence-electron chi connectivity index (χ3n) is 4.14. The monoisotopic (exact) mass is 260 g/mol. The van der Waals surface area contributed by atoms with Crippen molar-refractivity contribution in [3.05, 3.63) is 35.4 Å². The Labute approximate surface area is 115 Å². The molecule has 104 valence electrons. The van der Waals surface area contributed by atoms with Crippen LogP contribution in [0.15, 0.2) is 24.3 Å². The fourth-order valence-electron chi connectivity index (χ4n) is 2.82. The summed E-state index contributed by atoms with van der Waals surface area (Å²) in [6.07, 6.45) is 4.28. The van der Waals surface area contributed by atoms with Crippen LogP contribution in [-0.4, -0.2) is 30.4 Å². The van der Waals surface area contributed by atoms with Crippen LogP contribution in [0.3, 0.4) is 0 Å². The molecular weight excluding hydrogens is 236 g/mol. The summed E-state index contributed by atoms with van der Waals surface area (Å²) in [5, 5.41) is 0. The molecule has 3 heteroatoms. The van der Waals surface area contributed by atoms with Crippen LogP contribution in [0.4, 0.5) is 0 Å². The second kappa shape index (κ2) is 6.71. The quantitative estimate of drug-likeness (QED) is 0.904. The molecule has 0 bridgehead atoms. The highest BCUT2D eigenvalue weighted by atomic mass is 16.2. The topological polar surface area (TPSA) is 46.3 Å². The standard InChI is InChI=1S/C16H24N2O/c1-2-13-8-11-18(12-9-13)16(19)15-6-4-3-5-14(15)7-10-17/h3-6,13H,2,7-12,17H2,1H3. The molecular formula is C16H24N2O. The van der Waals surface area contributed by atoms with Gasteiger partial charge in [-0.05, 0) is 43.4 Å². The second-order valence-electron chi connectivity index (χ2n) is 5.34. The molecule has 1 aromatic rings. The average molecular weight is 260 g/mol. The maximum atomic E-state index is 12.6. The molecule has 1 aliphatic rings. The third-order valence-corrected chi connectivity index (χ3v) is 4.14. The molecule has 19 heavy (non-hydrogen) atoms. The minimum Gasteiger partial charge on any atom is -0.339 e. The highest BCUT2D eigenvalue weighted by Gasteiger charge is 2.23. The number of rotatable bonds is 4. The van der Waals surface area contributed by atoms with Crippen LogP contribution >= 0.6 is 0 Å². The highest BCUT2D eigenvalue weighted by Crippen LogP contribution is 2.22. The Morgan fingerprint density at radius 2 is 2.00 bits per heavy atom. The lowest BCUT2D eigenvalue weighted by Gasteiger charge is -2.32. The number of likely N-dealkylation sites (tertiary alicyclic amines) is 1. The van der Waals surface area contributed by atoms with Crippen molar-refractivity contribution >= 4 is 5.91 Å². The molecule has 0 unspecified atom stereocenters. The van der Waals surface area contributed by atoms with E-state index in [1.807, 2.05) is 29.2 Å². The van der Waals surface area contributed by atoms with E-state index in [0.717, 1.165) is 49.4 Å². The first kappa shape index (κ1) is 14.1. The summed E-state index contributed by atoms with van der Waals surface area (Å²) in [4.78, 5) is 14.6. The highest BCUT2D eigenvalue weighted by molar-refractivity contribution is 5.95. The van der Waals surface area contributed by atoms with Crippen LogP contribution < -0.4 is 5.73 Å². The van der Waals surface area contributed by atoms with Gasteiger partial charge in [0.1, 0.15) is 0 Å². The molecule has 1 fully saturated rings. The van der Waals surface area contributed by atoms with Gasteiger partial charge >= 0.3 is 0 Å². The summed E-state index contributed by atoms with van der Waals surface area (Å²) in [6, 6.07) is 7.86. The van der Waals surface area contributed by atoms with Gasteiger partial charge in [-0.3, -0.25) is 4.79 Å². The average Bonchev–Trinajstić information content (AvgIpc) is 2.47. The Bertz CT molecular complexity index is 423. The predicted molar refractivity (Wildman–Crippen MR) is 78.1 cm³/mol. The molecule has 2 rings (SSSR count). The third kappa shape index (κ3) is 3.35. The van der Waals surface area contributed by atoms with Crippen LogP contribution in [0.5, 0.6) is 0 Å². The van der Waals surface area contributed by atoms with Crippen molar-refractivity contribution in [2.75, 3.05) is 19.6 Å². The molecule has 0 atom stereocenters. The van der Waals surface area contributed by atoms with Gasteiger partial charge in [0.05, 0.1) is 0 Å². The zero-order chi connectivity index (χ0) is 13.7. The Kier molecular flexibility index (Phi) is 4.97. The van der Waals surface area contributed by atoms with E-state index in [2.05, 4.69) is 6.92 Å². The number of hydrogen-bond donors (Lipinski definition) is 1. The largest absolute Gasteiger partial charge is 0.339 e. The van der Waals surface area contributed by atoms with Gasteiger partial charge in [-0.25, -0.2) is 0 Å². The molecule has 1 aromatic carbocycles. The minimum atomic E-state index is 0.179. The summed E-state index contributed by atoms with van der Waals surface area (Å²) in [7, 11) is 0. The van der Waals surface area contributed by atoms with Crippen molar-refractivity contribution in [1.29, 1.82) is 0 Å². The number of carbonyl (C=O) groups is 1. The fraction of sp³-hybridized carbons (Fsp3) is 0.562. The van der Waals surface area contributed by atoms with E-state index < -0.39 is 0 Å². The predicted octanol–water partition coefficient (Wildman–Crippen LogP) is 2.45. The molecule has 1 heterocycles. The first-order valence-corrected chi connectivity index (χ1v) is 7.33. The number of amides is 1. The molecule has 0 saturated carbocycles. The van der Waals surface area contributed by atoms with Crippen molar-refractivity contribution in [3.8, 4) is 0 Å². The van der Waals surface area contributed by atoms with E-state index >= 15 is 0 Å². The minimum absolute atomic E-state index is 0.179. The van der Waals surface area contributed by atoms with E-state index in [-0.39, 0.29) is 5.91 Å². The van der Waals surface area contributed by atoms with Crippen LogP contribution in [-0.2, 0) is 6.42 Å². The van der Waals surface area contributed by atoms with Crippen molar-refractivity contribution in [2.24, 2.45) is 11.7 Å². The van der Waals surface area contributed by atoms with Gasteiger partial charge in [-0.15, -0.1) is 0 Å². The summed E-state index contributed by atoms with van der Waals surface area (Å²) in [5.74, 6) is 0.974. The van der Waals surface area contributed by atoms with Crippen molar-refractivity contribution in [2.45, 2.75) is 32.6 Å². The summed E-state index contributed by atoms with van der Waals surface area (Å²) in [6.45, 7) is 4.61. The molecule has 0 aromatic heterocycles. The van der Waals surface area contributed by atoms with Crippen LogP contribution in [0, 0.1) is 5.92 Å². The lowest BCUT2D eigenvalue weighted by molar-refractivity contribution is 0.0687. The Balaban J connectivity index is 2.07. The van der Waals surface area contributed by atoms with Gasteiger partial charge in [-0.1, -0.05) is 31.5 Å². The second-order valence-corrected chi connectivity index (χ2v) is 5.34. The summed E-state index contributed by atoms with van der Waals surface area (Å²) in [5.41, 5.74) is 7.53. The lowest BCUT2D eigenvalue weighted by Crippen LogP contribution is -2.38. The van der Waals surface area contributed by atoms with Gasteiger partial charge in [0.25, 0.3) is 5.91 Å². The molecule has 2 N–H and O–H groups in total. The Morgan fingerprint density at radius 3 is 2.63 bits per heavy atom. The molecule has 0 aliphatic carbocycles. The van der Waals surface area contributed by atoms with E-state index in [0.29, 0.717) is 6.54 Å². The number of nitrogens with zero attached hydrogens (tertiary/aromatic N) is 1. The molecule has 0 radical (unpaired) electrons. The molecule has 1 amide bonds. The number of benzene rings is 1. The van der Waals surface area contributed by atoms with Crippen LogP contribution in [0.2, 0.25) is 0 Å².